The number of nitrogens with one attached hydrogen (secondary N) is 3. The number of epoxide rings is 1. The second-order valence-corrected chi connectivity index (χ2v) is 31.7. The van der Waals surface area contributed by atoms with E-state index in [4.69, 9.17) is 9.47 Å². The molecule has 3 aliphatic heterocycles. The van der Waals surface area contributed by atoms with E-state index in [9.17, 15) is 10.2 Å². The van der Waals surface area contributed by atoms with E-state index in [2.05, 4.69) is 111 Å². The molecule has 0 amide bonds. The number of aliphatic hydroxyl groups excluding tert-OH is 2. The highest BCUT2D eigenvalue weighted by Gasteiger charge is 2.80. The van der Waals surface area contributed by atoms with Crippen molar-refractivity contribution in [2.75, 3.05) is 20.2 Å². The summed E-state index contributed by atoms with van der Waals surface area (Å²) in [6.07, 6.45) is 28.6. The molecule has 3 aromatic heterocycles. The zero-order valence-corrected chi connectivity index (χ0v) is 51.2. The van der Waals surface area contributed by atoms with Crippen LogP contribution in [0.4, 0.5) is 0 Å². The van der Waals surface area contributed by atoms with Crippen molar-refractivity contribution < 1.29 is 29.3 Å². The quantitative estimate of drug-likeness (QED) is 0.0995. The van der Waals surface area contributed by atoms with Gasteiger partial charge in [-0.15, -0.1) is 0 Å². The van der Waals surface area contributed by atoms with E-state index < -0.39 is 44.9 Å². The fourth-order valence-corrected chi connectivity index (χ4v) is 23.3. The van der Waals surface area contributed by atoms with Crippen molar-refractivity contribution in [3.8, 4) is 0 Å². The molecule has 82 heavy (non-hydrogen) atoms. The molecule has 2 spiro atoms. The van der Waals surface area contributed by atoms with Crippen LogP contribution in [0.5, 0.6) is 0 Å². The van der Waals surface area contributed by atoms with Crippen LogP contribution >= 0.6 is 0 Å². The minimum Gasteiger partial charge on any atom is -0.392 e. The molecule has 1 aromatic carbocycles. The lowest BCUT2D eigenvalue weighted by Gasteiger charge is -2.76. The van der Waals surface area contributed by atoms with Gasteiger partial charge in [0.1, 0.15) is 11.9 Å². The first kappa shape index (κ1) is 54.8. The van der Waals surface area contributed by atoms with Gasteiger partial charge in [0.05, 0.1) is 40.4 Å². The number of benzene rings is 1. The maximum absolute atomic E-state index is 16.0. The molecular formula is C72H98N4O6. The topological polar surface area (TPSA) is 145 Å². The van der Waals surface area contributed by atoms with Gasteiger partial charge in [-0.3, -0.25) is 9.59 Å². The number of nitrogens with zero attached hydrogens (tertiary/aromatic N) is 1. The van der Waals surface area contributed by atoms with Gasteiger partial charge in [0.15, 0.2) is 5.78 Å². The molecular weight excluding hydrogens is 1020 g/mol. The zero-order valence-electron chi connectivity index (χ0n) is 51.2. The Morgan fingerprint density at radius 3 is 2.35 bits per heavy atom. The van der Waals surface area contributed by atoms with Gasteiger partial charge in [0.25, 0.3) is 0 Å². The lowest BCUT2D eigenvalue weighted by atomic mass is 9.28. The van der Waals surface area contributed by atoms with Crippen LogP contribution in [0.1, 0.15) is 246 Å². The Kier molecular flexibility index (Phi) is 12.6. The van der Waals surface area contributed by atoms with Crippen molar-refractivity contribution in [2.45, 2.75) is 256 Å². The number of hydrogen-bond acceptors (Lipinski definition) is 7. The fraction of sp³-hybridized carbons (Fsp3) is 0.722. The van der Waals surface area contributed by atoms with Crippen molar-refractivity contribution in [3.63, 3.8) is 0 Å². The Bertz CT molecular complexity index is 3250. The number of fused-ring (bicyclic) bond motifs is 8. The van der Waals surface area contributed by atoms with Gasteiger partial charge in [-0.05, 0) is 220 Å². The second-order valence-electron chi connectivity index (χ2n) is 31.7. The Hall–Kier alpha value is -3.80. The lowest BCUT2D eigenvalue weighted by Crippen LogP contribution is -2.74. The van der Waals surface area contributed by atoms with E-state index in [0.29, 0.717) is 49.3 Å². The van der Waals surface area contributed by atoms with Crippen LogP contribution in [0.3, 0.4) is 0 Å². The fourth-order valence-electron chi connectivity index (χ4n) is 23.3. The number of aryl methyl sites for hydroxylation is 1. The molecule has 8 fully saturated rings. The average Bonchev–Trinajstić information content (AvgIpc) is 1.14. The van der Waals surface area contributed by atoms with Crippen LogP contribution in [0.15, 0.2) is 54.0 Å². The Labute approximate surface area is 488 Å². The summed E-state index contributed by atoms with van der Waals surface area (Å²) >= 11 is 0. The number of aromatic nitrogens is 3. The maximum Gasteiger partial charge on any atom is 0.160 e. The smallest absolute Gasteiger partial charge is 0.160 e. The minimum atomic E-state index is -0.783. The lowest BCUT2D eigenvalue weighted by molar-refractivity contribution is -0.267. The minimum absolute atomic E-state index is 0.0303. The molecule has 15 atom stereocenters. The van der Waals surface area contributed by atoms with Crippen molar-refractivity contribution >= 4 is 22.6 Å². The van der Waals surface area contributed by atoms with Crippen molar-refractivity contribution in [2.24, 2.45) is 50.2 Å². The summed E-state index contributed by atoms with van der Waals surface area (Å²) in [6.45, 7) is 18.5. The van der Waals surface area contributed by atoms with Crippen LogP contribution in [0.2, 0.25) is 0 Å². The molecule has 5 N–H and O–H groups in total. The number of ether oxygens (including phenoxy) is 2. The zero-order chi connectivity index (χ0) is 56.7. The third-order valence-corrected chi connectivity index (χ3v) is 27.3. The van der Waals surface area contributed by atoms with Gasteiger partial charge in [-0.1, -0.05) is 91.3 Å². The first-order valence-corrected chi connectivity index (χ1v) is 33.4. The summed E-state index contributed by atoms with van der Waals surface area (Å²) in [7, 11) is 2.02. The molecule has 6 heterocycles. The number of aromatic amines is 2. The molecule has 15 rings (SSSR count). The molecule has 442 valence electrons. The van der Waals surface area contributed by atoms with Crippen LogP contribution in [0.25, 0.3) is 11.0 Å². The largest absolute Gasteiger partial charge is 0.392 e. The molecule has 11 aliphatic rings. The molecule has 2 bridgehead atoms. The Balaban J connectivity index is 0.888. The predicted molar refractivity (Wildman–Crippen MR) is 322 cm³/mol. The average molecular weight is 1120 g/mol. The number of Topliss-reactive ketones (excluding diaryl/α,β-unsaturated/α-hetero) is 2. The van der Waals surface area contributed by atoms with E-state index >= 15 is 9.59 Å². The highest BCUT2D eigenvalue weighted by atomic mass is 16.6. The molecule has 10 nitrogen and oxygen atoms in total. The maximum atomic E-state index is 16.0. The standard InChI is InChI=1S/C72H98N4O6/c1-65(2)64(82-65)53(78)37-66(3)24-17-46-39-75-59-49(33-42-31-47(43-15-11-9-12-16-43)34-48(32-42)44-21-30-81-71(35-44)22-13-10-14-23-71)40-76(60(46)59)41-51-55-57(66)52(77)38-69(55,6)68(5)25-19-54-67(4,27-29-73-8)63(80)56-50-20-28-74-58(50)45-18-26-72(56,36-45)70(54,7)62(68)61(51)79/h20,28,31-32,34,39-40,43-45,51,53-54,56,61-62,64,73-75,78-79H,9-19,21-27,29-30,33,35-38,41H2,1-8H3. The highest BCUT2D eigenvalue weighted by molar-refractivity contribution is 6.02. The van der Waals surface area contributed by atoms with Crippen LogP contribution in [0, 0.1) is 50.2 Å². The van der Waals surface area contributed by atoms with Crippen LogP contribution < -0.4 is 5.32 Å². The van der Waals surface area contributed by atoms with Crippen LogP contribution in [-0.2, 0) is 38.4 Å². The molecule has 2 saturated heterocycles. The number of rotatable bonds is 10. The second kappa shape index (κ2) is 18.9. The SMILES string of the molecule is CNCCC1(C)C(=O)C2c3cc[nH]c3C3CCC2(C3)C2(C)C1CCC1(C)C2C(O)C2Cn3cc(Cc4cc(C5CCCCC5)cc(C5CCOC6(CCCCC6)C5)c4)c4[nH]cc(c43)CCC(C)(CC(O)C3OC3(C)C)C3=C2C1(C)CC3=O. The first-order chi connectivity index (χ1) is 39.2. The Morgan fingerprint density at radius 2 is 1.60 bits per heavy atom. The van der Waals surface area contributed by atoms with Crippen molar-refractivity contribution in [1.82, 2.24) is 19.9 Å². The normalized spacial score (nSPS) is 41.2. The third kappa shape index (κ3) is 7.59. The van der Waals surface area contributed by atoms with Crippen LogP contribution in [-0.4, -0.2) is 86.0 Å². The van der Waals surface area contributed by atoms with E-state index in [-0.39, 0.29) is 46.6 Å². The Morgan fingerprint density at radius 1 is 0.841 bits per heavy atom. The predicted octanol–water partition coefficient (Wildman–Crippen LogP) is 14.0. The summed E-state index contributed by atoms with van der Waals surface area (Å²) in [5.74, 6) is 1.37. The van der Waals surface area contributed by atoms with E-state index in [1.54, 1.807) is 0 Å². The number of hydrogen-bond donors (Lipinski definition) is 5. The molecule has 15 unspecified atom stereocenters. The number of aliphatic hydroxyl groups is 2. The number of H-pyrrole nitrogens is 2. The van der Waals surface area contributed by atoms with Gasteiger partial charge < -0.3 is 39.5 Å². The van der Waals surface area contributed by atoms with Crippen molar-refractivity contribution in [3.05, 3.63) is 93.1 Å². The van der Waals surface area contributed by atoms with Gasteiger partial charge in [-0.2, -0.15) is 0 Å². The first-order valence-electron chi connectivity index (χ1n) is 33.4. The summed E-state index contributed by atoms with van der Waals surface area (Å²) in [5.41, 5.74) is 10.5. The third-order valence-electron chi connectivity index (χ3n) is 27.3. The van der Waals surface area contributed by atoms with Gasteiger partial charge >= 0.3 is 0 Å². The number of carbonyl (C=O) groups excluding carboxylic acids is 2. The number of carbonyl (C=O) groups is 2. The van der Waals surface area contributed by atoms with E-state index in [1.165, 1.54) is 120 Å². The van der Waals surface area contributed by atoms with Gasteiger partial charge in [0, 0.05) is 72.6 Å². The molecule has 10 heteroatoms. The molecule has 6 saturated carbocycles. The summed E-state index contributed by atoms with van der Waals surface area (Å²) in [4.78, 5) is 39.6. The van der Waals surface area contributed by atoms with E-state index in [0.717, 1.165) is 82.9 Å². The van der Waals surface area contributed by atoms with Gasteiger partial charge in [-0.25, -0.2) is 0 Å². The van der Waals surface area contributed by atoms with Crippen molar-refractivity contribution in [1.29, 1.82) is 0 Å². The summed E-state index contributed by atoms with van der Waals surface area (Å²) in [5, 5.41) is 30.5. The monoisotopic (exact) mass is 1110 g/mol. The number of ketones is 2. The summed E-state index contributed by atoms with van der Waals surface area (Å²) < 4.78 is 15.5. The van der Waals surface area contributed by atoms with Gasteiger partial charge in [0.2, 0.25) is 0 Å². The molecule has 0 radical (unpaired) electrons. The number of allylic oxidation sites excluding steroid dienone is 1. The highest BCUT2D eigenvalue weighted by Crippen LogP contribution is 2.84. The van der Waals surface area contributed by atoms with E-state index in [1.807, 2.05) is 7.05 Å². The summed E-state index contributed by atoms with van der Waals surface area (Å²) in [6, 6.07) is 10.0. The molecule has 8 aliphatic carbocycles. The molecule has 4 aromatic rings.